The van der Waals surface area contributed by atoms with Gasteiger partial charge in [-0.25, -0.2) is 0 Å². The lowest BCUT2D eigenvalue weighted by Gasteiger charge is -2.21. The Morgan fingerprint density at radius 1 is 1.33 bits per heavy atom. The minimum atomic E-state index is -0.101. The number of ether oxygens (including phenoxy) is 2. The number of likely N-dealkylation sites (N-methyl/N-ethyl adjacent to an activating group) is 1. The number of anilines is 1. The van der Waals surface area contributed by atoms with Gasteiger partial charge < -0.3 is 19.7 Å². The van der Waals surface area contributed by atoms with E-state index in [0.717, 1.165) is 36.3 Å². The third-order valence-electron chi connectivity index (χ3n) is 4.19. The largest absolute Gasteiger partial charge is 0.493 e. The van der Waals surface area contributed by atoms with Gasteiger partial charge in [-0.3, -0.25) is 9.89 Å². The van der Waals surface area contributed by atoms with E-state index in [9.17, 15) is 4.79 Å². The molecule has 7 nitrogen and oxygen atoms in total. The first-order valence-electron chi connectivity index (χ1n) is 7.86. The van der Waals surface area contributed by atoms with E-state index in [1.165, 1.54) is 0 Å². The smallest absolute Gasteiger partial charge is 0.230 e. The van der Waals surface area contributed by atoms with E-state index < -0.39 is 0 Å². The van der Waals surface area contributed by atoms with E-state index >= 15 is 0 Å². The van der Waals surface area contributed by atoms with Gasteiger partial charge in [0.05, 0.1) is 26.3 Å². The first-order valence-corrected chi connectivity index (χ1v) is 7.86. The highest BCUT2D eigenvalue weighted by Crippen LogP contribution is 2.28. The lowest BCUT2D eigenvalue weighted by atomic mass is 10.1. The maximum absolute atomic E-state index is 12.3. The molecule has 0 spiro atoms. The molecule has 128 valence electrons. The van der Waals surface area contributed by atoms with Gasteiger partial charge in [-0.15, -0.1) is 0 Å². The summed E-state index contributed by atoms with van der Waals surface area (Å²) in [6, 6.07) is 5.47. The van der Waals surface area contributed by atoms with Gasteiger partial charge in [-0.05, 0) is 31.2 Å². The van der Waals surface area contributed by atoms with Crippen molar-refractivity contribution in [2.75, 3.05) is 33.1 Å². The molecule has 1 aliphatic heterocycles. The molecule has 0 unspecified atom stereocenters. The summed E-state index contributed by atoms with van der Waals surface area (Å²) in [6.45, 7) is 1.79. The first kappa shape index (κ1) is 16.3. The van der Waals surface area contributed by atoms with E-state index in [1.54, 1.807) is 20.3 Å². The number of amides is 1. The zero-order valence-electron chi connectivity index (χ0n) is 14.2. The number of benzene rings is 1. The van der Waals surface area contributed by atoms with E-state index in [0.29, 0.717) is 17.3 Å². The predicted octanol–water partition coefficient (Wildman–Crippen LogP) is 1.60. The molecule has 0 fully saturated rings. The van der Waals surface area contributed by atoms with Gasteiger partial charge in [0.25, 0.3) is 0 Å². The van der Waals surface area contributed by atoms with E-state index in [-0.39, 0.29) is 12.3 Å². The average Bonchev–Trinajstić information content (AvgIpc) is 2.96. The Hall–Kier alpha value is -2.54. The Morgan fingerprint density at radius 3 is 2.88 bits per heavy atom. The number of rotatable bonds is 5. The van der Waals surface area contributed by atoms with Gasteiger partial charge in [0.2, 0.25) is 5.91 Å². The molecule has 0 saturated heterocycles. The summed E-state index contributed by atoms with van der Waals surface area (Å²) in [5, 5.41) is 10.2. The molecule has 1 aromatic heterocycles. The molecule has 0 aliphatic carbocycles. The van der Waals surface area contributed by atoms with Crippen LogP contribution >= 0.6 is 0 Å². The molecular formula is C17H22N4O3. The van der Waals surface area contributed by atoms with Crippen LogP contribution in [-0.2, 0) is 24.2 Å². The molecule has 1 aromatic carbocycles. The summed E-state index contributed by atoms with van der Waals surface area (Å²) in [6.07, 6.45) is 1.14. The molecule has 1 aliphatic rings. The van der Waals surface area contributed by atoms with Crippen molar-refractivity contribution in [3.63, 3.8) is 0 Å². The van der Waals surface area contributed by atoms with Gasteiger partial charge in [0.15, 0.2) is 17.3 Å². The third-order valence-corrected chi connectivity index (χ3v) is 4.19. The standard InChI is InChI=1S/C17H22N4O3/c1-21-7-6-12-13(10-21)19-20-17(12)18-16(22)9-11-4-5-14(23-2)15(8-11)24-3/h4-5,8H,6-7,9-10H2,1-3H3,(H2,18,19,20,22). The van der Waals surface area contributed by atoms with Gasteiger partial charge in [0, 0.05) is 18.7 Å². The lowest BCUT2D eigenvalue weighted by Crippen LogP contribution is -2.27. The number of nitrogens with one attached hydrogen (secondary N) is 2. The molecule has 2 heterocycles. The number of hydrogen-bond donors (Lipinski definition) is 2. The maximum Gasteiger partial charge on any atom is 0.230 e. The number of methoxy groups -OCH3 is 2. The third kappa shape index (κ3) is 3.35. The van der Waals surface area contributed by atoms with E-state index in [2.05, 4.69) is 27.5 Å². The number of fused-ring (bicyclic) bond motifs is 1. The number of nitrogens with zero attached hydrogens (tertiary/aromatic N) is 2. The number of hydrogen-bond acceptors (Lipinski definition) is 5. The molecule has 2 N–H and O–H groups in total. The molecule has 24 heavy (non-hydrogen) atoms. The molecular weight excluding hydrogens is 308 g/mol. The van der Waals surface area contributed by atoms with Crippen molar-refractivity contribution in [3.05, 3.63) is 35.0 Å². The van der Waals surface area contributed by atoms with Crippen LogP contribution in [0.5, 0.6) is 11.5 Å². The highest BCUT2D eigenvalue weighted by atomic mass is 16.5. The maximum atomic E-state index is 12.3. The monoisotopic (exact) mass is 330 g/mol. The fourth-order valence-corrected chi connectivity index (χ4v) is 2.91. The van der Waals surface area contributed by atoms with Crippen molar-refractivity contribution in [1.29, 1.82) is 0 Å². The zero-order chi connectivity index (χ0) is 17.1. The fraction of sp³-hybridized carbons (Fsp3) is 0.412. The highest BCUT2D eigenvalue weighted by molar-refractivity contribution is 5.92. The van der Waals surface area contributed by atoms with Crippen molar-refractivity contribution < 1.29 is 14.3 Å². The second-order valence-electron chi connectivity index (χ2n) is 5.93. The van der Waals surface area contributed by atoms with Crippen LogP contribution in [0.25, 0.3) is 0 Å². The quantitative estimate of drug-likeness (QED) is 0.870. The molecule has 7 heteroatoms. The molecule has 0 atom stereocenters. The van der Waals surface area contributed by atoms with Gasteiger partial charge in [-0.2, -0.15) is 5.10 Å². The van der Waals surface area contributed by atoms with Crippen LogP contribution in [0.1, 0.15) is 16.8 Å². The molecule has 0 bridgehead atoms. The highest BCUT2D eigenvalue weighted by Gasteiger charge is 2.21. The molecule has 2 aromatic rings. The zero-order valence-corrected chi connectivity index (χ0v) is 14.2. The first-order chi connectivity index (χ1) is 11.6. The van der Waals surface area contributed by atoms with Crippen molar-refractivity contribution in [1.82, 2.24) is 15.1 Å². The minimum absolute atomic E-state index is 0.101. The van der Waals surface area contributed by atoms with Crippen LogP contribution in [0.15, 0.2) is 18.2 Å². The number of carbonyl (C=O) groups is 1. The van der Waals surface area contributed by atoms with Crippen LogP contribution in [0, 0.1) is 0 Å². The number of H-pyrrole nitrogens is 1. The minimum Gasteiger partial charge on any atom is -0.493 e. The van der Waals surface area contributed by atoms with Crippen molar-refractivity contribution in [2.45, 2.75) is 19.4 Å². The Labute approximate surface area is 140 Å². The van der Waals surface area contributed by atoms with Crippen LogP contribution in [0.4, 0.5) is 5.82 Å². The summed E-state index contributed by atoms with van der Waals surface area (Å²) >= 11 is 0. The second-order valence-corrected chi connectivity index (χ2v) is 5.93. The SMILES string of the molecule is COc1ccc(CC(=O)Nc2n[nH]c3c2CCN(C)C3)cc1OC. The van der Waals surface area contributed by atoms with Crippen molar-refractivity contribution in [3.8, 4) is 11.5 Å². The summed E-state index contributed by atoms with van der Waals surface area (Å²) in [5.41, 5.74) is 3.04. The molecule has 3 rings (SSSR count). The van der Waals surface area contributed by atoms with Crippen LogP contribution in [-0.4, -0.2) is 48.8 Å². The van der Waals surface area contributed by atoms with Crippen molar-refractivity contribution in [2.24, 2.45) is 0 Å². The summed E-state index contributed by atoms with van der Waals surface area (Å²) in [4.78, 5) is 14.6. The molecule has 0 radical (unpaired) electrons. The molecule has 1 amide bonds. The number of carbonyl (C=O) groups excluding carboxylic acids is 1. The normalized spacial score (nSPS) is 14.1. The summed E-state index contributed by atoms with van der Waals surface area (Å²) in [7, 11) is 5.23. The number of aromatic nitrogens is 2. The van der Waals surface area contributed by atoms with E-state index in [1.807, 2.05) is 12.1 Å². The van der Waals surface area contributed by atoms with Gasteiger partial charge in [0.1, 0.15) is 0 Å². The topological polar surface area (TPSA) is 79.5 Å². The van der Waals surface area contributed by atoms with Crippen LogP contribution < -0.4 is 14.8 Å². The van der Waals surface area contributed by atoms with E-state index in [4.69, 9.17) is 9.47 Å². The molecule has 0 saturated carbocycles. The Kier molecular flexibility index (Phi) is 4.71. The van der Waals surface area contributed by atoms with Crippen LogP contribution in [0.2, 0.25) is 0 Å². The summed E-state index contributed by atoms with van der Waals surface area (Å²) < 4.78 is 10.5. The van der Waals surface area contributed by atoms with Gasteiger partial charge in [-0.1, -0.05) is 6.07 Å². The van der Waals surface area contributed by atoms with Crippen LogP contribution in [0.3, 0.4) is 0 Å². The average molecular weight is 330 g/mol. The van der Waals surface area contributed by atoms with Crippen molar-refractivity contribution >= 4 is 11.7 Å². The number of aromatic amines is 1. The predicted molar refractivity (Wildman–Crippen MR) is 90.5 cm³/mol. The Morgan fingerprint density at radius 2 is 2.12 bits per heavy atom. The Bertz CT molecular complexity index is 741. The Balaban J connectivity index is 1.68. The van der Waals surface area contributed by atoms with Gasteiger partial charge >= 0.3 is 0 Å². The lowest BCUT2D eigenvalue weighted by molar-refractivity contribution is -0.115. The second kappa shape index (κ2) is 6.92. The summed E-state index contributed by atoms with van der Waals surface area (Å²) in [5.74, 6) is 1.80. The fourth-order valence-electron chi connectivity index (χ4n) is 2.91.